The topological polar surface area (TPSA) is 36.9 Å². The smallest absolute Gasteiger partial charge is 0.108 e. The largest absolute Gasteiger partial charge is 0.376 e. The van der Waals surface area contributed by atoms with Gasteiger partial charge in [0, 0.05) is 11.8 Å². The van der Waals surface area contributed by atoms with E-state index in [2.05, 4.69) is 91.9 Å². The molecule has 4 aromatic carbocycles. The summed E-state index contributed by atoms with van der Waals surface area (Å²) in [4.78, 5) is 0. The Morgan fingerprint density at radius 3 is 2.00 bits per heavy atom. The third-order valence-corrected chi connectivity index (χ3v) is 7.96. The summed E-state index contributed by atoms with van der Waals surface area (Å²) in [6, 6.07) is 38.1. The number of ether oxygens (including phenoxy) is 4. The fourth-order valence-electron chi connectivity index (χ4n) is 5.99. The Balaban J connectivity index is 1.30. The van der Waals surface area contributed by atoms with Crippen LogP contribution in [-0.2, 0) is 38.8 Å². The molecule has 0 bridgehead atoms. The lowest BCUT2D eigenvalue weighted by Crippen LogP contribution is -2.52. The van der Waals surface area contributed by atoms with Gasteiger partial charge in [0.2, 0.25) is 0 Å². The lowest BCUT2D eigenvalue weighted by atomic mass is 9.71. The molecule has 1 fully saturated rings. The van der Waals surface area contributed by atoms with Crippen molar-refractivity contribution in [3.63, 3.8) is 0 Å². The Labute approximate surface area is 231 Å². The second kappa shape index (κ2) is 12.3. The molecule has 0 N–H and O–H groups in total. The van der Waals surface area contributed by atoms with E-state index in [0.717, 1.165) is 5.56 Å². The van der Waals surface area contributed by atoms with E-state index in [4.69, 9.17) is 18.9 Å². The average molecular weight is 521 g/mol. The van der Waals surface area contributed by atoms with Crippen LogP contribution in [0, 0.1) is 12.8 Å². The normalized spacial score (nSPS) is 24.1. The van der Waals surface area contributed by atoms with Gasteiger partial charge in [-0.3, -0.25) is 0 Å². The van der Waals surface area contributed by atoms with Gasteiger partial charge < -0.3 is 18.9 Å². The molecule has 4 nitrogen and oxygen atoms in total. The van der Waals surface area contributed by atoms with Gasteiger partial charge in [-0.2, -0.15) is 0 Å². The number of aryl methyl sites for hydroxylation is 1. The molecule has 4 heteroatoms. The predicted octanol–water partition coefficient (Wildman–Crippen LogP) is 7.17. The highest BCUT2D eigenvalue weighted by Gasteiger charge is 2.49. The Hall–Kier alpha value is -3.28. The van der Waals surface area contributed by atoms with Crippen molar-refractivity contribution in [2.45, 2.75) is 51.0 Å². The van der Waals surface area contributed by atoms with E-state index in [-0.39, 0.29) is 30.1 Å². The Kier molecular flexibility index (Phi) is 8.17. The van der Waals surface area contributed by atoms with E-state index in [1.807, 2.05) is 24.3 Å². The first-order valence-electron chi connectivity index (χ1n) is 13.9. The molecule has 200 valence electrons. The SMILES string of the molecule is Cc1ccc([C@@H]2O[C@H](COCc3ccccc3)[C@H]3OCc4ccccc4[C@@H]3[C@H]2COCc2ccccc2)cc1. The minimum atomic E-state index is -0.191. The minimum Gasteiger partial charge on any atom is -0.376 e. The van der Waals surface area contributed by atoms with Crippen LogP contribution in [0.3, 0.4) is 0 Å². The first-order valence-corrected chi connectivity index (χ1v) is 13.9. The maximum atomic E-state index is 6.92. The van der Waals surface area contributed by atoms with Crippen LogP contribution < -0.4 is 0 Å². The minimum absolute atomic E-state index is 0.0910. The van der Waals surface area contributed by atoms with Crippen molar-refractivity contribution in [2.24, 2.45) is 5.92 Å². The van der Waals surface area contributed by atoms with E-state index in [1.165, 1.54) is 27.8 Å². The van der Waals surface area contributed by atoms with Gasteiger partial charge in [-0.25, -0.2) is 0 Å². The molecular formula is C35H36O4. The molecular weight excluding hydrogens is 484 g/mol. The third-order valence-electron chi connectivity index (χ3n) is 7.96. The lowest BCUT2D eigenvalue weighted by Gasteiger charge is -2.49. The highest BCUT2D eigenvalue weighted by Crippen LogP contribution is 2.49. The lowest BCUT2D eigenvalue weighted by molar-refractivity contribution is -0.212. The zero-order valence-electron chi connectivity index (χ0n) is 22.4. The summed E-state index contributed by atoms with van der Waals surface area (Å²) in [6.45, 7) is 4.87. The van der Waals surface area contributed by atoms with Crippen LogP contribution in [-0.4, -0.2) is 25.4 Å². The molecule has 0 radical (unpaired) electrons. The fourth-order valence-corrected chi connectivity index (χ4v) is 5.99. The molecule has 2 aliphatic rings. The first-order chi connectivity index (χ1) is 19.3. The molecule has 0 amide bonds. The van der Waals surface area contributed by atoms with Gasteiger partial charge in [0.25, 0.3) is 0 Å². The van der Waals surface area contributed by atoms with Gasteiger partial charge in [0.15, 0.2) is 0 Å². The second-order valence-electron chi connectivity index (χ2n) is 10.7. The second-order valence-corrected chi connectivity index (χ2v) is 10.7. The Morgan fingerprint density at radius 2 is 1.31 bits per heavy atom. The average Bonchev–Trinajstić information content (AvgIpc) is 2.99. The zero-order valence-corrected chi connectivity index (χ0v) is 22.4. The number of benzene rings is 4. The number of rotatable bonds is 9. The van der Waals surface area contributed by atoms with Gasteiger partial charge in [-0.1, -0.05) is 115 Å². The van der Waals surface area contributed by atoms with E-state index < -0.39 is 0 Å². The van der Waals surface area contributed by atoms with Gasteiger partial charge >= 0.3 is 0 Å². The molecule has 0 saturated carbocycles. The third kappa shape index (κ3) is 6.00. The van der Waals surface area contributed by atoms with Crippen LogP contribution in [0.15, 0.2) is 109 Å². The molecule has 2 heterocycles. The molecule has 0 spiro atoms. The molecule has 1 saturated heterocycles. The summed E-state index contributed by atoms with van der Waals surface area (Å²) >= 11 is 0. The summed E-state index contributed by atoms with van der Waals surface area (Å²) in [5.74, 6) is 0.226. The van der Waals surface area contributed by atoms with Crippen LogP contribution in [0.5, 0.6) is 0 Å². The quantitative estimate of drug-likeness (QED) is 0.235. The maximum absolute atomic E-state index is 6.92. The number of fused-ring (bicyclic) bond motifs is 3. The summed E-state index contributed by atoms with van der Waals surface area (Å²) < 4.78 is 26.1. The summed E-state index contributed by atoms with van der Waals surface area (Å²) in [6.07, 6.45) is -0.436. The molecule has 39 heavy (non-hydrogen) atoms. The fraction of sp³-hybridized carbons (Fsp3) is 0.314. The van der Waals surface area contributed by atoms with Crippen LogP contribution in [0.1, 0.15) is 45.4 Å². The van der Waals surface area contributed by atoms with E-state index in [0.29, 0.717) is 33.0 Å². The Morgan fingerprint density at radius 1 is 0.692 bits per heavy atom. The molecule has 2 aliphatic heterocycles. The highest BCUT2D eigenvalue weighted by atomic mass is 16.6. The van der Waals surface area contributed by atoms with Crippen molar-refractivity contribution in [1.82, 2.24) is 0 Å². The molecule has 6 rings (SSSR count). The van der Waals surface area contributed by atoms with Crippen molar-refractivity contribution in [2.75, 3.05) is 13.2 Å². The number of hydrogen-bond donors (Lipinski definition) is 0. The maximum Gasteiger partial charge on any atom is 0.108 e. The molecule has 5 atom stereocenters. The van der Waals surface area contributed by atoms with Crippen molar-refractivity contribution in [3.05, 3.63) is 143 Å². The number of hydrogen-bond acceptors (Lipinski definition) is 4. The van der Waals surface area contributed by atoms with E-state index in [9.17, 15) is 0 Å². The Bertz CT molecular complexity index is 1320. The monoisotopic (exact) mass is 520 g/mol. The highest BCUT2D eigenvalue weighted by molar-refractivity contribution is 5.36. The summed E-state index contributed by atoms with van der Waals surface area (Å²) in [5, 5.41) is 0. The molecule has 0 aliphatic carbocycles. The first kappa shape index (κ1) is 26.0. The van der Waals surface area contributed by atoms with Gasteiger partial charge in [0.1, 0.15) is 6.10 Å². The van der Waals surface area contributed by atoms with Gasteiger partial charge in [0.05, 0.1) is 45.2 Å². The van der Waals surface area contributed by atoms with Crippen LogP contribution in [0.2, 0.25) is 0 Å². The summed E-state index contributed by atoms with van der Waals surface area (Å²) in [5.41, 5.74) is 7.32. The van der Waals surface area contributed by atoms with Gasteiger partial charge in [-0.05, 0) is 34.7 Å². The molecule has 0 unspecified atom stereocenters. The van der Waals surface area contributed by atoms with Crippen LogP contribution >= 0.6 is 0 Å². The zero-order chi connectivity index (χ0) is 26.4. The van der Waals surface area contributed by atoms with Crippen LogP contribution in [0.25, 0.3) is 0 Å². The van der Waals surface area contributed by atoms with E-state index >= 15 is 0 Å². The van der Waals surface area contributed by atoms with Gasteiger partial charge in [-0.15, -0.1) is 0 Å². The summed E-state index contributed by atoms with van der Waals surface area (Å²) in [7, 11) is 0. The van der Waals surface area contributed by atoms with E-state index in [1.54, 1.807) is 0 Å². The van der Waals surface area contributed by atoms with Crippen LogP contribution in [0.4, 0.5) is 0 Å². The van der Waals surface area contributed by atoms with Crippen molar-refractivity contribution in [1.29, 1.82) is 0 Å². The molecule has 4 aromatic rings. The predicted molar refractivity (Wildman–Crippen MR) is 152 cm³/mol. The van der Waals surface area contributed by atoms with Crippen molar-refractivity contribution < 1.29 is 18.9 Å². The standard InChI is InChI=1S/C35H36O4/c1-25-16-18-28(19-17-25)34-31(23-36-20-26-10-4-2-5-11-26)33-30-15-9-8-14-29(30)22-38-35(33)32(39-34)24-37-21-27-12-6-3-7-13-27/h2-19,31-35H,20-24H2,1H3/t31-,32-,33-,34+,35-/m1/s1. The van der Waals surface area contributed by atoms with Crippen molar-refractivity contribution >= 4 is 0 Å². The molecule has 0 aromatic heterocycles. The van der Waals surface area contributed by atoms with Crippen molar-refractivity contribution in [3.8, 4) is 0 Å².